The molecule has 0 spiro atoms. The quantitative estimate of drug-likeness (QED) is 0.537. The van der Waals surface area contributed by atoms with E-state index >= 15 is 0 Å². The van der Waals surface area contributed by atoms with E-state index < -0.39 is 10.0 Å². The Morgan fingerprint density at radius 3 is 2.41 bits per heavy atom. The van der Waals surface area contributed by atoms with Gasteiger partial charge in [-0.25, -0.2) is 8.42 Å². The highest BCUT2D eigenvalue weighted by atomic mass is 32.2. The van der Waals surface area contributed by atoms with E-state index in [1.165, 1.54) is 12.1 Å². The Labute approximate surface area is 200 Å². The molecule has 1 aliphatic rings. The van der Waals surface area contributed by atoms with E-state index in [1.54, 1.807) is 31.2 Å². The summed E-state index contributed by atoms with van der Waals surface area (Å²) in [5, 5.41) is 2.90. The lowest BCUT2D eigenvalue weighted by atomic mass is 10.1. The Morgan fingerprint density at radius 2 is 1.71 bits per heavy atom. The molecule has 0 aromatic heterocycles. The van der Waals surface area contributed by atoms with Gasteiger partial charge in [0.2, 0.25) is 0 Å². The molecule has 0 bridgehead atoms. The summed E-state index contributed by atoms with van der Waals surface area (Å²) < 4.78 is 33.7. The first kappa shape index (κ1) is 23.8. The van der Waals surface area contributed by atoms with E-state index in [0.717, 1.165) is 43.1 Å². The molecule has 1 heterocycles. The van der Waals surface area contributed by atoms with Gasteiger partial charge in [-0.05, 0) is 66.9 Å². The minimum Gasteiger partial charge on any atom is -0.378 e. The molecule has 3 aromatic carbocycles. The van der Waals surface area contributed by atoms with Crippen LogP contribution >= 0.6 is 0 Å². The van der Waals surface area contributed by atoms with E-state index in [2.05, 4.69) is 14.9 Å². The van der Waals surface area contributed by atoms with Crippen LogP contribution in [0.5, 0.6) is 0 Å². The fourth-order valence-corrected chi connectivity index (χ4v) is 4.93. The summed E-state index contributed by atoms with van der Waals surface area (Å²) in [6.45, 7) is 7.22. The molecular weight excluding hydrogens is 450 g/mol. The van der Waals surface area contributed by atoms with Crippen molar-refractivity contribution in [3.8, 4) is 0 Å². The zero-order chi connectivity index (χ0) is 24.1. The van der Waals surface area contributed by atoms with Gasteiger partial charge in [0.05, 0.1) is 18.1 Å². The lowest BCUT2D eigenvalue weighted by Crippen LogP contribution is -2.36. The van der Waals surface area contributed by atoms with Gasteiger partial charge in [0.1, 0.15) is 0 Å². The van der Waals surface area contributed by atoms with E-state index in [0.29, 0.717) is 23.4 Å². The van der Waals surface area contributed by atoms with Crippen molar-refractivity contribution >= 4 is 27.3 Å². The van der Waals surface area contributed by atoms with Crippen LogP contribution in [-0.2, 0) is 21.3 Å². The summed E-state index contributed by atoms with van der Waals surface area (Å²) in [4.78, 5) is 15.2. The van der Waals surface area contributed by atoms with Gasteiger partial charge in [0.25, 0.3) is 15.9 Å². The number of aryl methyl sites for hydroxylation is 2. The number of hydrogen-bond acceptors (Lipinski definition) is 5. The highest BCUT2D eigenvalue weighted by molar-refractivity contribution is 7.92. The average Bonchev–Trinajstić information content (AvgIpc) is 2.83. The molecule has 178 valence electrons. The first-order valence-electron chi connectivity index (χ1n) is 11.2. The molecule has 1 amide bonds. The topological polar surface area (TPSA) is 87.7 Å². The molecular formula is C26H29N3O4S. The Morgan fingerprint density at radius 1 is 0.971 bits per heavy atom. The molecule has 1 saturated heterocycles. The van der Waals surface area contributed by atoms with Crippen LogP contribution < -0.4 is 14.9 Å². The second kappa shape index (κ2) is 10.3. The third-order valence-corrected chi connectivity index (χ3v) is 7.18. The summed E-state index contributed by atoms with van der Waals surface area (Å²) in [7, 11) is -3.83. The highest BCUT2D eigenvalue weighted by Crippen LogP contribution is 2.21. The number of hydrogen-bond donors (Lipinski definition) is 2. The van der Waals surface area contributed by atoms with Gasteiger partial charge in [0, 0.05) is 36.6 Å². The molecule has 0 aliphatic carbocycles. The van der Waals surface area contributed by atoms with E-state index in [4.69, 9.17) is 4.74 Å². The van der Waals surface area contributed by atoms with Crippen molar-refractivity contribution in [2.75, 3.05) is 35.9 Å². The minimum atomic E-state index is -3.83. The van der Waals surface area contributed by atoms with Crippen molar-refractivity contribution < 1.29 is 17.9 Å². The van der Waals surface area contributed by atoms with Crippen LogP contribution in [0.4, 0.5) is 11.4 Å². The van der Waals surface area contributed by atoms with Gasteiger partial charge in [-0.15, -0.1) is 0 Å². The molecule has 0 atom stereocenters. The molecule has 4 rings (SSSR count). The summed E-state index contributed by atoms with van der Waals surface area (Å²) in [6, 6.07) is 19.8. The lowest BCUT2D eigenvalue weighted by Gasteiger charge is -2.28. The lowest BCUT2D eigenvalue weighted by molar-refractivity contribution is 0.0950. The highest BCUT2D eigenvalue weighted by Gasteiger charge is 2.18. The molecule has 1 fully saturated rings. The summed E-state index contributed by atoms with van der Waals surface area (Å²) in [5.74, 6) is -0.317. The SMILES string of the molecule is Cc1cccc(NS(=O)(=O)c2ccc(C)c(C(=O)NCc3ccc(N4CCOCC4)cc3)c2)c1. The van der Waals surface area contributed by atoms with E-state index in [1.807, 2.05) is 37.3 Å². The van der Waals surface area contributed by atoms with Crippen LogP contribution in [0, 0.1) is 13.8 Å². The van der Waals surface area contributed by atoms with Gasteiger partial charge in [-0.3, -0.25) is 9.52 Å². The van der Waals surface area contributed by atoms with Crippen molar-refractivity contribution in [1.82, 2.24) is 5.32 Å². The molecule has 2 N–H and O–H groups in total. The first-order chi connectivity index (χ1) is 16.3. The van der Waals surface area contributed by atoms with Crippen LogP contribution in [0.1, 0.15) is 27.0 Å². The number of carbonyl (C=O) groups excluding carboxylic acids is 1. The molecule has 8 heteroatoms. The van der Waals surface area contributed by atoms with Gasteiger partial charge < -0.3 is 15.0 Å². The van der Waals surface area contributed by atoms with Crippen molar-refractivity contribution in [3.05, 3.63) is 89.0 Å². The van der Waals surface area contributed by atoms with Crippen molar-refractivity contribution in [3.63, 3.8) is 0 Å². The molecule has 1 aliphatic heterocycles. The maximum atomic E-state index is 12.9. The number of sulfonamides is 1. The Balaban J connectivity index is 1.43. The number of anilines is 2. The Kier molecular flexibility index (Phi) is 7.19. The maximum Gasteiger partial charge on any atom is 0.261 e. The zero-order valence-corrected chi connectivity index (χ0v) is 20.2. The minimum absolute atomic E-state index is 0.0413. The zero-order valence-electron chi connectivity index (χ0n) is 19.4. The number of rotatable bonds is 7. The second-order valence-electron chi connectivity index (χ2n) is 8.40. The van der Waals surface area contributed by atoms with Crippen molar-refractivity contribution in [1.29, 1.82) is 0 Å². The summed E-state index contributed by atoms with van der Waals surface area (Å²) in [5.41, 5.74) is 4.56. The molecule has 34 heavy (non-hydrogen) atoms. The maximum absolute atomic E-state index is 12.9. The normalized spacial score (nSPS) is 14.0. The number of carbonyl (C=O) groups is 1. The molecule has 3 aromatic rings. The average molecular weight is 480 g/mol. The number of benzene rings is 3. The number of morpholine rings is 1. The van der Waals surface area contributed by atoms with Gasteiger partial charge in [-0.2, -0.15) is 0 Å². The predicted molar refractivity (Wildman–Crippen MR) is 134 cm³/mol. The fraction of sp³-hybridized carbons (Fsp3) is 0.269. The van der Waals surface area contributed by atoms with Crippen LogP contribution in [0.25, 0.3) is 0 Å². The van der Waals surface area contributed by atoms with Crippen molar-refractivity contribution in [2.24, 2.45) is 0 Å². The van der Waals surface area contributed by atoms with Crippen LogP contribution in [0.15, 0.2) is 71.6 Å². The fourth-order valence-electron chi connectivity index (χ4n) is 3.86. The summed E-state index contributed by atoms with van der Waals surface area (Å²) >= 11 is 0. The largest absolute Gasteiger partial charge is 0.378 e. The van der Waals surface area contributed by atoms with E-state index in [9.17, 15) is 13.2 Å². The van der Waals surface area contributed by atoms with Gasteiger partial charge in [0.15, 0.2) is 0 Å². The first-order valence-corrected chi connectivity index (χ1v) is 12.7. The Bertz CT molecular complexity index is 1270. The monoisotopic (exact) mass is 479 g/mol. The molecule has 0 radical (unpaired) electrons. The second-order valence-corrected chi connectivity index (χ2v) is 10.1. The predicted octanol–water partition coefficient (Wildman–Crippen LogP) is 3.87. The number of ether oxygens (including phenoxy) is 1. The van der Waals surface area contributed by atoms with Gasteiger partial charge >= 0.3 is 0 Å². The number of amides is 1. The molecule has 0 saturated carbocycles. The Hall–Kier alpha value is -3.36. The van der Waals surface area contributed by atoms with Crippen LogP contribution in [0.2, 0.25) is 0 Å². The van der Waals surface area contributed by atoms with Crippen LogP contribution in [-0.4, -0.2) is 40.6 Å². The van der Waals surface area contributed by atoms with Crippen molar-refractivity contribution in [2.45, 2.75) is 25.3 Å². The van der Waals surface area contributed by atoms with Gasteiger partial charge in [-0.1, -0.05) is 30.3 Å². The third kappa shape index (κ3) is 5.76. The number of nitrogens with zero attached hydrogens (tertiary/aromatic N) is 1. The third-order valence-electron chi connectivity index (χ3n) is 5.80. The smallest absolute Gasteiger partial charge is 0.261 e. The summed E-state index contributed by atoms with van der Waals surface area (Å²) in [6.07, 6.45) is 0. The molecule has 0 unspecified atom stereocenters. The van der Waals surface area contributed by atoms with Crippen LogP contribution in [0.3, 0.4) is 0 Å². The molecule has 7 nitrogen and oxygen atoms in total. The standard InChI is InChI=1S/C26H29N3O4S/c1-19-4-3-5-22(16-19)28-34(31,32)24-11-6-20(2)25(17-24)26(30)27-18-21-7-9-23(10-8-21)29-12-14-33-15-13-29/h3-11,16-17,28H,12-15,18H2,1-2H3,(H,27,30). The number of nitrogens with one attached hydrogen (secondary N) is 2. The van der Waals surface area contributed by atoms with E-state index in [-0.39, 0.29) is 10.8 Å².